The first-order chi connectivity index (χ1) is 13.2. The number of pyridine rings is 1. The lowest BCUT2D eigenvalue weighted by Crippen LogP contribution is -2.49. The van der Waals surface area contributed by atoms with Crippen molar-refractivity contribution >= 4 is 5.91 Å². The Morgan fingerprint density at radius 3 is 2.56 bits per heavy atom. The van der Waals surface area contributed by atoms with Crippen LogP contribution in [0.15, 0.2) is 42.7 Å². The second-order valence-electron chi connectivity index (χ2n) is 6.28. The zero-order valence-electron chi connectivity index (χ0n) is 15.3. The van der Waals surface area contributed by atoms with Crippen molar-refractivity contribution in [1.82, 2.24) is 14.8 Å². The van der Waals surface area contributed by atoms with Gasteiger partial charge in [0.05, 0.1) is 18.7 Å². The van der Waals surface area contributed by atoms with E-state index in [-0.39, 0.29) is 12.5 Å². The van der Waals surface area contributed by atoms with Crippen LogP contribution in [0.25, 0.3) is 0 Å². The van der Waals surface area contributed by atoms with E-state index in [1.165, 1.54) is 12.7 Å². The SMILES string of the molecule is COc1cc(C#N)ccc1OCC(=O)N1CCN(Cc2ccncc2)CC1. The molecule has 2 aromatic rings. The van der Waals surface area contributed by atoms with Crippen LogP contribution in [0.5, 0.6) is 11.5 Å². The normalized spacial score (nSPS) is 14.4. The number of piperazine rings is 1. The molecule has 2 heterocycles. The maximum absolute atomic E-state index is 12.4. The number of ether oxygens (including phenoxy) is 2. The maximum Gasteiger partial charge on any atom is 0.260 e. The molecule has 0 spiro atoms. The molecular formula is C20H22N4O3. The first-order valence-corrected chi connectivity index (χ1v) is 8.79. The average molecular weight is 366 g/mol. The number of nitriles is 1. The molecular weight excluding hydrogens is 344 g/mol. The van der Waals surface area contributed by atoms with Gasteiger partial charge in [-0.3, -0.25) is 14.7 Å². The van der Waals surface area contributed by atoms with Crippen LogP contribution in [0.1, 0.15) is 11.1 Å². The van der Waals surface area contributed by atoms with E-state index < -0.39 is 0 Å². The summed E-state index contributed by atoms with van der Waals surface area (Å²) >= 11 is 0. The van der Waals surface area contributed by atoms with Crippen LogP contribution >= 0.6 is 0 Å². The molecule has 1 aliphatic heterocycles. The predicted octanol–water partition coefficient (Wildman–Crippen LogP) is 1.69. The van der Waals surface area contributed by atoms with Gasteiger partial charge in [0.2, 0.25) is 0 Å². The highest BCUT2D eigenvalue weighted by molar-refractivity contribution is 5.78. The van der Waals surface area contributed by atoms with E-state index in [0.717, 1.165) is 19.6 Å². The van der Waals surface area contributed by atoms with Crippen LogP contribution < -0.4 is 9.47 Å². The third-order valence-electron chi connectivity index (χ3n) is 4.52. The van der Waals surface area contributed by atoms with Gasteiger partial charge in [-0.25, -0.2) is 0 Å². The van der Waals surface area contributed by atoms with Gasteiger partial charge in [-0.2, -0.15) is 5.26 Å². The fourth-order valence-electron chi connectivity index (χ4n) is 2.99. The molecule has 1 fully saturated rings. The Kier molecular flexibility index (Phi) is 6.23. The standard InChI is InChI=1S/C20H22N4O3/c1-26-19-12-17(13-21)2-3-18(19)27-15-20(25)24-10-8-23(9-11-24)14-16-4-6-22-7-5-16/h2-7,12H,8-11,14-15H2,1H3. The smallest absolute Gasteiger partial charge is 0.260 e. The van der Waals surface area contributed by atoms with E-state index in [9.17, 15) is 4.79 Å². The van der Waals surface area contributed by atoms with Crippen LogP contribution in [0, 0.1) is 11.3 Å². The molecule has 1 amide bonds. The Morgan fingerprint density at radius 1 is 1.15 bits per heavy atom. The summed E-state index contributed by atoms with van der Waals surface area (Å²) in [6, 6.07) is 11.0. The number of nitrogens with zero attached hydrogens (tertiary/aromatic N) is 4. The summed E-state index contributed by atoms with van der Waals surface area (Å²) in [5.74, 6) is 0.857. The van der Waals surface area contributed by atoms with Gasteiger partial charge in [-0.05, 0) is 29.8 Å². The van der Waals surface area contributed by atoms with E-state index in [4.69, 9.17) is 14.7 Å². The van der Waals surface area contributed by atoms with Gasteiger partial charge in [0.1, 0.15) is 0 Å². The third kappa shape index (κ3) is 4.96. The fourth-order valence-corrected chi connectivity index (χ4v) is 2.99. The van der Waals surface area contributed by atoms with Gasteiger partial charge in [0.15, 0.2) is 18.1 Å². The molecule has 0 unspecified atom stereocenters. The van der Waals surface area contributed by atoms with Crippen LogP contribution in [-0.4, -0.2) is 60.6 Å². The number of carbonyl (C=O) groups excluding carboxylic acids is 1. The van der Waals surface area contributed by atoms with Gasteiger partial charge in [-0.15, -0.1) is 0 Å². The highest BCUT2D eigenvalue weighted by Gasteiger charge is 2.21. The molecule has 0 atom stereocenters. The minimum absolute atomic E-state index is 0.0490. The fraction of sp³-hybridized carbons (Fsp3) is 0.350. The van der Waals surface area contributed by atoms with Gasteiger partial charge in [-0.1, -0.05) is 0 Å². The van der Waals surface area contributed by atoms with Crippen molar-refractivity contribution in [2.45, 2.75) is 6.54 Å². The number of aromatic nitrogens is 1. The molecule has 27 heavy (non-hydrogen) atoms. The summed E-state index contributed by atoms with van der Waals surface area (Å²) in [6.07, 6.45) is 3.59. The van der Waals surface area contributed by atoms with Crippen LogP contribution in [-0.2, 0) is 11.3 Å². The number of hydrogen-bond acceptors (Lipinski definition) is 6. The molecule has 0 radical (unpaired) electrons. The van der Waals surface area contributed by atoms with Crippen molar-refractivity contribution in [3.63, 3.8) is 0 Å². The Hall–Kier alpha value is -3.11. The molecule has 1 aromatic carbocycles. The van der Waals surface area contributed by atoms with Crippen LogP contribution in [0.2, 0.25) is 0 Å². The summed E-state index contributed by atoms with van der Waals surface area (Å²) in [4.78, 5) is 20.6. The molecule has 1 saturated heterocycles. The lowest BCUT2D eigenvalue weighted by atomic mass is 10.2. The molecule has 140 valence electrons. The quantitative estimate of drug-likeness (QED) is 0.774. The van der Waals surface area contributed by atoms with Crippen molar-refractivity contribution in [3.8, 4) is 17.6 Å². The monoisotopic (exact) mass is 366 g/mol. The number of benzene rings is 1. The van der Waals surface area contributed by atoms with Crippen LogP contribution in [0.3, 0.4) is 0 Å². The Balaban J connectivity index is 1.48. The number of hydrogen-bond donors (Lipinski definition) is 0. The minimum Gasteiger partial charge on any atom is -0.493 e. The molecule has 1 aromatic heterocycles. The summed E-state index contributed by atoms with van der Waals surface area (Å²) in [7, 11) is 1.51. The Morgan fingerprint density at radius 2 is 1.89 bits per heavy atom. The van der Waals surface area contributed by atoms with Crippen molar-refractivity contribution in [1.29, 1.82) is 5.26 Å². The van der Waals surface area contributed by atoms with E-state index in [2.05, 4.69) is 9.88 Å². The summed E-state index contributed by atoms with van der Waals surface area (Å²) in [5, 5.41) is 8.94. The lowest BCUT2D eigenvalue weighted by molar-refractivity contribution is -0.135. The molecule has 7 nitrogen and oxygen atoms in total. The molecule has 0 N–H and O–H groups in total. The number of carbonyl (C=O) groups is 1. The zero-order valence-corrected chi connectivity index (χ0v) is 15.3. The van der Waals surface area contributed by atoms with Gasteiger partial charge in [0.25, 0.3) is 5.91 Å². The minimum atomic E-state index is -0.0510. The van der Waals surface area contributed by atoms with E-state index >= 15 is 0 Å². The Bertz CT molecular complexity index is 812. The van der Waals surface area contributed by atoms with Gasteiger partial charge >= 0.3 is 0 Å². The molecule has 0 saturated carbocycles. The van der Waals surface area contributed by atoms with Gasteiger partial charge < -0.3 is 14.4 Å². The van der Waals surface area contributed by atoms with Crippen molar-refractivity contribution in [2.75, 3.05) is 39.9 Å². The maximum atomic E-state index is 12.4. The first kappa shape index (κ1) is 18.7. The molecule has 0 bridgehead atoms. The third-order valence-corrected chi connectivity index (χ3v) is 4.52. The van der Waals surface area contributed by atoms with Crippen molar-refractivity contribution in [2.24, 2.45) is 0 Å². The highest BCUT2D eigenvalue weighted by atomic mass is 16.5. The second-order valence-corrected chi connectivity index (χ2v) is 6.28. The number of rotatable bonds is 6. The topological polar surface area (TPSA) is 78.7 Å². The van der Waals surface area contributed by atoms with Crippen molar-refractivity contribution in [3.05, 3.63) is 53.9 Å². The Labute approximate surface area is 158 Å². The number of methoxy groups -OCH3 is 1. The molecule has 3 rings (SSSR count). The van der Waals surface area contributed by atoms with E-state index in [1.807, 2.05) is 23.1 Å². The molecule has 1 aliphatic rings. The van der Waals surface area contributed by atoms with Gasteiger partial charge in [0, 0.05) is 51.2 Å². The van der Waals surface area contributed by atoms with Crippen LogP contribution in [0.4, 0.5) is 0 Å². The lowest BCUT2D eigenvalue weighted by Gasteiger charge is -2.34. The first-order valence-electron chi connectivity index (χ1n) is 8.79. The molecule has 7 heteroatoms. The number of amides is 1. The largest absolute Gasteiger partial charge is 0.493 e. The predicted molar refractivity (Wildman–Crippen MR) is 99.3 cm³/mol. The zero-order chi connectivity index (χ0) is 19.1. The molecule has 0 aliphatic carbocycles. The highest BCUT2D eigenvalue weighted by Crippen LogP contribution is 2.27. The summed E-state index contributed by atoms with van der Waals surface area (Å²) in [6.45, 7) is 3.83. The second kappa shape index (κ2) is 9.01. The van der Waals surface area contributed by atoms with E-state index in [1.54, 1.807) is 30.6 Å². The summed E-state index contributed by atoms with van der Waals surface area (Å²) in [5.41, 5.74) is 1.71. The summed E-state index contributed by atoms with van der Waals surface area (Å²) < 4.78 is 10.8. The van der Waals surface area contributed by atoms with Crippen molar-refractivity contribution < 1.29 is 14.3 Å². The average Bonchev–Trinajstić information content (AvgIpc) is 2.73. The van der Waals surface area contributed by atoms with E-state index in [0.29, 0.717) is 30.2 Å².